The van der Waals surface area contributed by atoms with Gasteiger partial charge in [0.05, 0.1) is 18.7 Å². The quantitative estimate of drug-likeness (QED) is 0.693. The Hall–Kier alpha value is -0.810. The molecule has 17 heavy (non-hydrogen) atoms. The SMILES string of the molecule is CC(C)(C)OC(=O)N1C[C@H](O)[C@H]2OCCC[C@H]21. The molecule has 0 aromatic rings. The van der Waals surface area contributed by atoms with Gasteiger partial charge in [-0.25, -0.2) is 4.79 Å². The van der Waals surface area contributed by atoms with Gasteiger partial charge in [-0.2, -0.15) is 0 Å². The molecule has 0 aromatic carbocycles. The molecule has 2 fully saturated rings. The Labute approximate surface area is 102 Å². The van der Waals surface area contributed by atoms with Crippen LogP contribution in [0.15, 0.2) is 0 Å². The molecule has 1 amide bonds. The zero-order valence-electron chi connectivity index (χ0n) is 10.7. The van der Waals surface area contributed by atoms with Gasteiger partial charge in [0.2, 0.25) is 0 Å². The maximum absolute atomic E-state index is 12.0. The van der Waals surface area contributed by atoms with Gasteiger partial charge in [0.1, 0.15) is 11.7 Å². The minimum atomic E-state index is -0.590. The Kier molecular flexibility index (Phi) is 3.32. The van der Waals surface area contributed by atoms with E-state index in [1.807, 2.05) is 20.8 Å². The summed E-state index contributed by atoms with van der Waals surface area (Å²) < 4.78 is 10.9. The Morgan fingerprint density at radius 2 is 2.18 bits per heavy atom. The molecule has 0 saturated carbocycles. The van der Waals surface area contributed by atoms with Crippen LogP contribution in [0.2, 0.25) is 0 Å². The molecular weight excluding hydrogens is 222 g/mol. The summed E-state index contributed by atoms with van der Waals surface area (Å²) in [4.78, 5) is 13.6. The van der Waals surface area contributed by atoms with E-state index in [0.717, 1.165) is 12.8 Å². The monoisotopic (exact) mass is 243 g/mol. The first-order chi connectivity index (χ1) is 7.88. The summed E-state index contributed by atoms with van der Waals surface area (Å²) in [5, 5.41) is 9.87. The number of carbonyl (C=O) groups excluding carboxylic acids is 1. The molecule has 2 saturated heterocycles. The van der Waals surface area contributed by atoms with E-state index in [1.165, 1.54) is 0 Å². The lowest BCUT2D eigenvalue weighted by Gasteiger charge is -2.32. The Bertz CT molecular complexity index is 299. The molecule has 2 aliphatic heterocycles. The Balaban J connectivity index is 2.04. The molecule has 2 rings (SSSR count). The van der Waals surface area contributed by atoms with Crippen molar-refractivity contribution < 1.29 is 19.4 Å². The van der Waals surface area contributed by atoms with Crippen LogP contribution in [0.4, 0.5) is 4.79 Å². The average Bonchev–Trinajstić information content (AvgIpc) is 2.55. The summed E-state index contributed by atoms with van der Waals surface area (Å²) in [7, 11) is 0. The molecule has 0 aliphatic carbocycles. The molecule has 1 N–H and O–H groups in total. The molecular formula is C12H21NO4. The smallest absolute Gasteiger partial charge is 0.410 e. The highest BCUT2D eigenvalue weighted by Crippen LogP contribution is 2.30. The third kappa shape index (κ3) is 2.72. The van der Waals surface area contributed by atoms with Crippen molar-refractivity contribution in [2.45, 2.75) is 57.5 Å². The van der Waals surface area contributed by atoms with Crippen LogP contribution < -0.4 is 0 Å². The van der Waals surface area contributed by atoms with Crippen LogP contribution in [0.5, 0.6) is 0 Å². The summed E-state index contributed by atoms with van der Waals surface area (Å²) in [5.74, 6) is 0. The van der Waals surface area contributed by atoms with Crippen LogP contribution in [0.3, 0.4) is 0 Å². The zero-order valence-corrected chi connectivity index (χ0v) is 10.7. The average molecular weight is 243 g/mol. The number of rotatable bonds is 0. The van der Waals surface area contributed by atoms with E-state index in [0.29, 0.717) is 13.2 Å². The maximum atomic E-state index is 12.0. The van der Waals surface area contributed by atoms with Crippen molar-refractivity contribution in [3.8, 4) is 0 Å². The molecule has 0 spiro atoms. The van der Waals surface area contributed by atoms with Crippen molar-refractivity contribution in [1.82, 2.24) is 4.90 Å². The maximum Gasteiger partial charge on any atom is 0.410 e. The van der Waals surface area contributed by atoms with E-state index >= 15 is 0 Å². The standard InChI is InChI=1S/C12H21NO4/c1-12(2,3)17-11(15)13-7-9(14)10-8(13)5-4-6-16-10/h8-10,14H,4-7H2,1-3H3/t8-,9+,10+/m1/s1. The van der Waals surface area contributed by atoms with Crippen LogP contribution >= 0.6 is 0 Å². The molecule has 0 bridgehead atoms. The summed E-state index contributed by atoms with van der Waals surface area (Å²) in [6.07, 6.45) is 0.618. The third-order valence-electron chi connectivity index (χ3n) is 3.13. The summed E-state index contributed by atoms with van der Waals surface area (Å²) in [6.45, 7) is 6.50. The van der Waals surface area contributed by atoms with E-state index in [4.69, 9.17) is 9.47 Å². The van der Waals surface area contributed by atoms with Gasteiger partial charge in [0.25, 0.3) is 0 Å². The lowest BCUT2D eigenvalue weighted by molar-refractivity contribution is -0.0548. The van der Waals surface area contributed by atoms with Gasteiger partial charge in [-0.1, -0.05) is 0 Å². The van der Waals surface area contributed by atoms with Gasteiger partial charge in [0.15, 0.2) is 0 Å². The lowest BCUT2D eigenvalue weighted by atomic mass is 10.0. The number of aliphatic hydroxyl groups excluding tert-OH is 1. The number of amides is 1. The fourth-order valence-corrected chi connectivity index (χ4v) is 2.46. The van der Waals surface area contributed by atoms with Crippen molar-refractivity contribution in [3.63, 3.8) is 0 Å². The van der Waals surface area contributed by atoms with Crippen LogP contribution in [0.25, 0.3) is 0 Å². The highest BCUT2D eigenvalue weighted by Gasteiger charge is 2.46. The number of hydrogen-bond donors (Lipinski definition) is 1. The lowest BCUT2D eigenvalue weighted by Crippen LogP contribution is -2.45. The molecule has 5 heteroatoms. The molecule has 0 aromatic heterocycles. The van der Waals surface area contributed by atoms with Crippen LogP contribution in [-0.4, -0.2) is 53.1 Å². The van der Waals surface area contributed by atoms with Crippen LogP contribution in [-0.2, 0) is 9.47 Å². The molecule has 2 heterocycles. The normalized spacial score (nSPS) is 33.4. The first kappa shape index (κ1) is 12.6. The van der Waals surface area contributed by atoms with Gasteiger partial charge in [-0.05, 0) is 33.6 Å². The molecule has 0 radical (unpaired) electrons. The number of β-amino-alcohol motifs (C(OH)–C–C–N with tert-alkyl or cyclic N) is 1. The van der Waals surface area contributed by atoms with Gasteiger partial charge in [-0.15, -0.1) is 0 Å². The van der Waals surface area contributed by atoms with Crippen molar-refractivity contribution >= 4 is 6.09 Å². The molecule has 0 unspecified atom stereocenters. The highest BCUT2D eigenvalue weighted by atomic mass is 16.6. The zero-order chi connectivity index (χ0) is 12.6. The van der Waals surface area contributed by atoms with E-state index in [1.54, 1.807) is 4.90 Å². The van der Waals surface area contributed by atoms with E-state index in [2.05, 4.69) is 0 Å². The van der Waals surface area contributed by atoms with Gasteiger partial charge in [-0.3, -0.25) is 4.90 Å². The van der Waals surface area contributed by atoms with Crippen molar-refractivity contribution in [1.29, 1.82) is 0 Å². The number of carbonyl (C=O) groups is 1. The minimum Gasteiger partial charge on any atom is -0.444 e. The van der Waals surface area contributed by atoms with Gasteiger partial charge >= 0.3 is 6.09 Å². The summed E-state index contributed by atoms with van der Waals surface area (Å²) in [6, 6.07) is -0.0337. The van der Waals surface area contributed by atoms with Crippen LogP contribution in [0.1, 0.15) is 33.6 Å². The van der Waals surface area contributed by atoms with Gasteiger partial charge in [0, 0.05) is 6.61 Å². The van der Waals surface area contributed by atoms with Crippen molar-refractivity contribution in [3.05, 3.63) is 0 Å². The van der Waals surface area contributed by atoms with E-state index in [9.17, 15) is 9.90 Å². The third-order valence-corrected chi connectivity index (χ3v) is 3.13. The second kappa shape index (κ2) is 4.46. The molecule has 5 nitrogen and oxygen atoms in total. The highest BCUT2D eigenvalue weighted by molar-refractivity contribution is 5.69. The van der Waals surface area contributed by atoms with E-state index in [-0.39, 0.29) is 18.2 Å². The number of nitrogens with zero attached hydrogens (tertiary/aromatic N) is 1. The molecule has 2 aliphatic rings. The minimum absolute atomic E-state index is 0.0337. The summed E-state index contributed by atoms with van der Waals surface area (Å²) >= 11 is 0. The number of hydrogen-bond acceptors (Lipinski definition) is 4. The first-order valence-electron chi connectivity index (χ1n) is 6.18. The van der Waals surface area contributed by atoms with E-state index < -0.39 is 11.7 Å². The second-order valence-corrected chi connectivity index (χ2v) is 5.75. The second-order valence-electron chi connectivity index (χ2n) is 5.75. The largest absolute Gasteiger partial charge is 0.444 e. The molecule has 98 valence electrons. The van der Waals surface area contributed by atoms with Crippen molar-refractivity contribution in [2.75, 3.05) is 13.2 Å². The molecule has 3 atom stereocenters. The Morgan fingerprint density at radius 3 is 2.82 bits per heavy atom. The van der Waals surface area contributed by atoms with Crippen LogP contribution in [0, 0.1) is 0 Å². The predicted molar refractivity (Wildman–Crippen MR) is 61.7 cm³/mol. The fourth-order valence-electron chi connectivity index (χ4n) is 2.46. The number of aliphatic hydroxyl groups is 1. The number of likely N-dealkylation sites (tertiary alicyclic amines) is 1. The van der Waals surface area contributed by atoms with Crippen molar-refractivity contribution in [2.24, 2.45) is 0 Å². The predicted octanol–water partition coefficient (Wildman–Crippen LogP) is 1.15. The number of fused-ring (bicyclic) bond motifs is 1. The van der Waals surface area contributed by atoms with Gasteiger partial charge < -0.3 is 14.6 Å². The first-order valence-corrected chi connectivity index (χ1v) is 6.18. The fraction of sp³-hybridized carbons (Fsp3) is 0.917. The topological polar surface area (TPSA) is 59.0 Å². The summed E-state index contributed by atoms with van der Waals surface area (Å²) in [5.41, 5.74) is -0.504. The number of ether oxygens (including phenoxy) is 2. The Morgan fingerprint density at radius 1 is 1.47 bits per heavy atom.